The van der Waals surface area contributed by atoms with Crippen molar-refractivity contribution in [3.05, 3.63) is 34.7 Å². The summed E-state index contributed by atoms with van der Waals surface area (Å²) in [7, 11) is 0. The summed E-state index contributed by atoms with van der Waals surface area (Å²) in [5, 5.41) is 6.12. The summed E-state index contributed by atoms with van der Waals surface area (Å²) in [6.45, 7) is 1.78. The summed E-state index contributed by atoms with van der Waals surface area (Å²) in [4.78, 5) is 26.5. The summed E-state index contributed by atoms with van der Waals surface area (Å²) < 4.78 is 1.47. The normalized spacial score (nSPS) is 17.9. The number of nitrogens with one attached hydrogen (secondary N) is 3. The van der Waals surface area contributed by atoms with Crippen molar-refractivity contribution in [3.63, 3.8) is 0 Å². The average Bonchev–Trinajstić information content (AvgIpc) is 2.99. The van der Waals surface area contributed by atoms with Crippen molar-refractivity contribution in [2.45, 2.75) is 19.0 Å². The van der Waals surface area contributed by atoms with Gasteiger partial charge in [0.25, 0.3) is 0 Å². The molecule has 0 saturated carbocycles. The third-order valence-corrected chi connectivity index (χ3v) is 3.41. The molecule has 1 saturated heterocycles. The maximum absolute atomic E-state index is 11.9. The van der Waals surface area contributed by atoms with E-state index in [4.69, 9.17) is 0 Å². The highest BCUT2D eigenvalue weighted by Gasteiger charge is 2.17. The Kier molecular flexibility index (Phi) is 4.46. The van der Waals surface area contributed by atoms with E-state index < -0.39 is 0 Å². The third kappa shape index (κ3) is 2.86. The van der Waals surface area contributed by atoms with E-state index in [0.717, 1.165) is 30.5 Å². The number of halogens is 1. The van der Waals surface area contributed by atoms with Crippen LogP contribution in [0.3, 0.4) is 0 Å². The molecule has 108 valence electrons. The molecular formula is C13H17ClN4O2. The van der Waals surface area contributed by atoms with Gasteiger partial charge in [0.15, 0.2) is 0 Å². The van der Waals surface area contributed by atoms with Crippen molar-refractivity contribution < 1.29 is 4.79 Å². The van der Waals surface area contributed by atoms with Crippen molar-refractivity contribution in [2.75, 3.05) is 13.1 Å². The second-order valence-electron chi connectivity index (χ2n) is 4.79. The van der Waals surface area contributed by atoms with Crippen LogP contribution in [0.5, 0.6) is 0 Å². The summed E-state index contributed by atoms with van der Waals surface area (Å²) in [5.41, 5.74) is 1.26. The Balaban J connectivity index is 0.00000147. The molecule has 3 N–H and O–H groups in total. The van der Waals surface area contributed by atoms with Crippen LogP contribution in [0.4, 0.5) is 0 Å². The van der Waals surface area contributed by atoms with Gasteiger partial charge < -0.3 is 15.6 Å². The monoisotopic (exact) mass is 296 g/mol. The molecule has 7 heteroatoms. The number of para-hydroxylation sites is 2. The van der Waals surface area contributed by atoms with Crippen LogP contribution in [-0.4, -0.2) is 34.6 Å². The van der Waals surface area contributed by atoms with Gasteiger partial charge in [-0.05, 0) is 25.1 Å². The predicted molar refractivity (Wildman–Crippen MR) is 79.2 cm³/mol. The number of carbonyl (C=O) groups excluding carboxylic acids is 1. The number of aromatic nitrogens is 2. The topological polar surface area (TPSA) is 78.9 Å². The number of imidazole rings is 1. The number of carbonyl (C=O) groups is 1. The number of fused-ring (bicyclic) bond motifs is 1. The van der Waals surface area contributed by atoms with Crippen molar-refractivity contribution >= 4 is 29.3 Å². The molecule has 20 heavy (non-hydrogen) atoms. The van der Waals surface area contributed by atoms with Gasteiger partial charge in [0.05, 0.1) is 11.0 Å². The zero-order chi connectivity index (χ0) is 13.2. The van der Waals surface area contributed by atoms with Gasteiger partial charge in [-0.15, -0.1) is 12.4 Å². The van der Waals surface area contributed by atoms with E-state index in [-0.39, 0.29) is 36.6 Å². The lowest BCUT2D eigenvalue weighted by atomic mass is 10.2. The van der Waals surface area contributed by atoms with Gasteiger partial charge in [0.2, 0.25) is 5.91 Å². The molecule has 0 bridgehead atoms. The highest BCUT2D eigenvalue weighted by Crippen LogP contribution is 2.08. The summed E-state index contributed by atoms with van der Waals surface area (Å²) >= 11 is 0. The molecule has 0 spiro atoms. The minimum absolute atomic E-state index is 0. The van der Waals surface area contributed by atoms with E-state index in [2.05, 4.69) is 15.6 Å². The van der Waals surface area contributed by atoms with Crippen LogP contribution in [0, 0.1) is 0 Å². The van der Waals surface area contributed by atoms with Gasteiger partial charge in [0.1, 0.15) is 6.54 Å². The van der Waals surface area contributed by atoms with Gasteiger partial charge in [0, 0.05) is 12.6 Å². The number of rotatable bonds is 3. The molecule has 3 rings (SSSR count). The molecule has 1 aromatic carbocycles. The average molecular weight is 297 g/mol. The fourth-order valence-corrected chi connectivity index (χ4v) is 2.46. The standard InChI is InChI=1S/C13H16N4O2.ClH/c18-12(15-9-5-6-14-7-9)8-17-11-4-2-1-3-10(11)16-13(17)19;/h1-4,9,14H,5-8H2,(H,15,18)(H,16,19);1H. The number of H-pyrrole nitrogens is 1. The molecule has 1 atom stereocenters. The van der Waals surface area contributed by atoms with Crippen LogP contribution in [0.15, 0.2) is 29.1 Å². The third-order valence-electron chi connectivity index (χ3n) is 3.41. The maximum atomic E-state index is 11.9. The molecule has 1 aliphatic rings. The molecule has 6 nitrogen and oxygen atoms in total. The SMILES string of the molecule is Cl.O=C(Cn1c(=O)[nH]c2ccccc21)NC1CCNC1. The van der Waals surface area contributed by atoms with Crippen molar-refractivity contribution in [1.82, 2.24) is 20.2 Å². The van der Waals surface area contributed by atoms with Crippen molar-refractivity contribution in [3.8, 4) is 0 Å². The summed E-state index contributed by atoms with van der Waals surface area (Å²) in [6, 6.07) is 7.54. The zero-order valence-electron chi connectivity index (χ0n) is 10.9. The second kappa shape index (κ2) is 6.11. The number of aromatic amines is 1. The minimum Gasteiger partial charge on any atom is -0.350 e. The molecule has 1 amide bonds. The fraction of sp³-hybridized carbons (Fsp3) is 0.385. The van der Waals surface area contributed by atoms with Crippen LogP contribution in [0.2, 0.25) is 0 Å². The molecule has 1 aliphatic heterocycles. The van der Waals surface area contributed by atoms with E-state index in [9.17, 15) is 9.59 Å². The van der Waals surface area contributed by atoms with Crippen LogP contribution < -0.4 is 16.3 Å². The number of hydrogen-bond donors (Lipinski definition) is 3. The number of nitrogens with zero attached hydrogens (tertiary/aromatic N) is 1. The highest BCUT2D eigenvalue weighted by molar-refractivity contribution is 5.85. The number of hydrogen-bond acceptors (Lipinski definition) is 3. The van der Waals surface area contributed by atoms with E-state index in [1.54, 1.807) is 0 Å². The van der Waals surface area contributed by atoms with E-state index in [0.29, 0.717) is 0 Å². The Hall–Kier alpha value is -1.79. The van der Waals surface area contributed by atoms with Gasteiger partial charge in [-0.25, -0.2) is 4.79 Å². The Bertz CT molecular complexity index is 658. The molecule has 0 aliphatic carbocycles. The predicted octanol–water partition coefficient (Wildman–Crippen LogP) is 0.229. The number of benzene rings is 1. The van der Waals surface area contributed by atoms with E-state index in [1.165, 1.54) is 4.57 Å². The minimum atomic E-state index is -0.249. The maximum Gasteiger partial charge on any atom is 0.326 e. The molecular weight excluding hydrogens is 280 g/mol. The van der Waals surface area contributed by atoms with Gasteiger partial charge in [-0.2, -0.15) is 0 Å². The van der Waals surface area contributed by atoms with Crippen LogP contribution in [0.1, 0.15) is 6.42 Å². The Labute approximate surface area is 122 Å². The zero-order valence-corrected chi connectivity index (χ0v) is 11.7. The van der Waals surface area contributed by atoms with Crippen molar-refractivity contribution in [1.29, 1.82) is 0 Å². The molecule has 1 unspecified atom stereocenters. The van der Waals surface area contributed by atoms with Gasteiger partial charge in [-0.1, -0.05) is 12.1 Å². The van der Waals surface area contributed by atoms with Crippen LogP contribution in [-0.2, 0) is 11.3 Å². The van der Waals surface area contributed by atoms with Crippen LogP contribution in [0.25, 0.3) is 11.0 Å². The highest BCUT2D eigenvalue weighted by atomic mass is 35.5. The Morgan fingerprint density at radius 2 is 2.20 bits per heavy atom. The largest absolute Gasteiger partial charge is 0.350 e. The quantitative estimate of drug-likeness (QED) is 0.759. The second-order valence-corrected chi connectivity index (χ2v) is 4.79. The molecule has 2 heterocycles. The molecule has 2 aromatic rings. The van der Waals surface area contributed by atoms with Gasteiger partial charge >= 0.3 is 5.69 Å². The first-order valence-corrected chi connectivity index (χ1v) is 6.41. The van der Waals surface area contributed by atoms with Gasteiger partial charge in [-0.3, -0.25) is 9.36 Å². The lowest BCUT2D eigenvalue weighted by Crippen LogP contribution is -2.39. The summed E-state index contributed by atoms with van der Waals surface area (Å²) in [6.07, 6.45) is 0.939. The van der Waals surface area contributed by atoms with E-state index in [1.807, 2.05) is 24.3 Å². The molecule has 1 aromatic heterocycles. The first kappa shape index (κ1) is 14.6. The van der Waals surface area contributed by atoms with E-state index >= 15 is 0 Å². The van der Waals surface area contributed by atoms with Crippen molar-refractivity contribution in [2.24, 2.45) is 0 Å². The lowest BCUT2D eigenvalue weighted by Gasteiger charge is -2.11. The Morgan fingerprint density at radius 3 is 2.95 bits per heavy atom. The van der Waals surface area contributed by atoms with Crippen LogP contribution >= 0.6 is 12.4 Å². The molecule has 1 fully saturated rings. The first-order valence-electron chi connectivity index (χ1n) is 6.41. The summed E-state index contributed by atoms with van der Waals surface area (Å²) in [5.74, 6) is -0.124. The first-order chi connectivity index (χ1) is 9.24. The smallest absolute Gasteiger partial charge is 0.326 e. The molecule has 0 radical (unpaired) electrons. The fourth-order valence-electron chi connectivity index (χ4n) is 2.46. The number of amides is 1. The Morgan fingerprint density at radius 1 is 1.40 bits per heavy atom. The lowest BCUT2D eigenvalue weighted by molar-refractivity contribution is -0.122.